The maximum atomic E-state index is 10.2. The molecule has 28 heavy (non-hydrogen) atoms. The molecule has 1 unspecified atom stereocenters. The summed E-state index contributed by atoms with van der Waals surface area (Å²) in [5.41, 5.74) is 1.07. The van der Waals surface area contributed by atoms with Crippen LogP contribution in [0.1, 0.15) is 26.3 Å². The van der Waals surface area contributed by atoms with Gasteiger partial charge >= 0.3 is 0 Å². The number of β-amino-alcohol motifs (C(OH)–C–C–N with tert-alkyl or cyclic N) is 1. The number of benzene rings is 2. The van der Waals surface area contributed by atoms with E-state index in [4.69, 9.17) is 14.2 Å². The molecule has 0 saturated carbocycles. The molecule has 5 nitrogen and oxygen atoms in total. The zero-order chi connectivity index (χ0) is 19.7. The smallest absolute Gasteiger partial charge is 0.119 e. The number of rotatable bonds is 11. The number of hydrogen-bond acceptors (Lipinski definition) is 5. The van der Waals surface area contributed by atoms with Crippen molar-refractivity contribution in [2.24, 2.45) is 0 Å². The van der Waals surface area contributed by atoms with Gasteiger partial charge in [0, 0.05) is 12.1 Å². The largest absolute Gasteiger partial charge is 0.497 e. The first-order chi connectivity index (χ1) is 12.9. The molecule has 0 aliphatic carbocycles. The lowest BCUT2D eigenvalue weighted by Gasteiger charge is -2.28. The van der Waals surface area contributed by atoms with Crippen molar-refractivity contribution in [1.82, 2.24) is 5.32 Å². The second-order valence-electron chi connectivity index (χ2n) is 7.16. The van der Waals surface area contributed by atoms with Gasteiger partial charge in [-0.15, -0.1) is 12.4 Å². The molecule has 0 amide bonds. The van der Waals surface area contributed by atoms with Crippen LogP contribution in [0, 0.1) is 0 Å². The maximum Gasteiger partial charge on any atom is 0.119 e. The topological polar surface area (TPSA) is 60.0 Å². The number of ether oxygens (including phenoxy) is 3. The Morgan fingerprint density at radius 2 is 1.46 bits per heavy atom. The summed E-state index contributed by atoms with van der Waals surface area (Å²) in [6.07, 6.45) is 0.260. The van der Waals surface area contributed by atoms with E-state index in [1.165, 1.54) is 5.56 Å². The third-order valence-corrected chi connectivity index (χ3v) is 4.20. The third-order valence-electron chi connectivity index (χ3n) is 4.20. The first-order valence-electron chi connectivity index (χ1n) is 9.33. The number of aliphatic hydroxyl groups is 1. The minimum absolute atomic E-state index is 0. The van der Waals surface area contributed by atoms with Gasteiger partial charge in [-0.1, -0.05) is 12.1 Å². The summed E-state index contributed by atoms with van der Waals surface area (Å²) < 4.78 is 16.2. The van der Waals surface area contributed by atoms with Crippen molar-refractivity contribution in [3.05, 3.63) is 54.1 Å². The molecule has 0 aromatic heterocycles. The maximum absolute atomic E-state index is 10.2. The van der Waals surface area contributed by atoms with E-state index in [9.17, 15) is 5.11 Å². The molecule has 0 radical (unpaired) electrons. The normalized spacial score (nSPS) is 12.0. The standard InChI is InChI=1S/C22H31NO4.ClH/c1-5-26-20-10-12-21(13-11-20)27-16-18(24)15-23-22(2,3)14-17-6-8-19(25-4)9-7-17;/h6-13,18,23-24H,5,14-16H2,1-4H3;1H. The van der Waals surface area contributed by atoms with Gasteiger partial charge in [0.2, 0.25) is 0 Å². The summed E-state index contributed by atoms with van der Waals surface area (Å²) >= 11 is 0. The first-order valence-corrected chi connectivity index (χ1v) is 9.33. The lowest BCUT2D eigenvalue weighted by molar-refractivity contribution is 0.0988. The molecule has 0 fully saturated rings. The molecule has 0 aliphatic rings. The Morgan fingerprint density at radius 1 is 0.929 bits per heavy atom. The van der Waals surface area contributed by atoms with Gasteiger partial charge in [0.05, 0.1) is 13.7 Å². The fourth-order valence-corrected chi connectivity index (χ4v) is 2.76. The van der Waals surface area contributed by atoms with Crippen LogP contribution in [0.25, 0.3) is 0 Å². The van der Waals surface area contributed by atoms with E-state index in [1.54, 1.807) is 7.11 Å². The van der Waals surface area contributed by atoms with Crippen LogP contribution >= 0.6 is 12.4 Å². The van der Waals surface area contributed by atoms with Crippen LogP contribution in [0.5, 0.6) is 17.2 Å². The molecular weight excluding hydrogens is 378 g/mol. The van der Waals surface area contributed by atoms with Crippen molar-refractivity contribution in [2.45, 2.75) is 38.8 Å². The molecule has 0 bridgehead atoms. The van der Waals surface area contributed by atoms with E-state index in [2.05, 4.69) is 31.3 Å². The quantitative estimate of drug-likeness (QED) is 0.590. The van der Waals surface area contributed by atoms with Crippen LogP contribution < -0.4 is 19.5 Å². The molecule has 2 aromatic carbocycles. The van der Waals surface area contributed by atoms with Gasteiger partial charge in [-0.05, 0) is 69.2 Å². The van der Waals surface area contributed by atoms with Crippen molar-refractivity contribution in [3.63, 3.8) is 0 Å². The lowest BCUT2D eigenvalue weighted by Crippen LogP contribution is -2.46. The van der Waals surface area contributed by atoms with E-state index >= 15 is 0 Å². The number of halogens is 1. The Kier molecular flexibility index (Phi) is 10.1. The predicted molar refractivity (Wildman–Crippen MR) is 115 cm³/mol. The van der Waals surface area contributed by atoms with Crippen LogP contribution in [0.2, 0.25) is 0 Å². The second-order valence-corrected chi connectivity index (χ2v) is 7.16. The van der Waals surface area contributed by atoms with Gasteiger partial charge < -0.3 is 24.6 Å². The fraction of sp³-hybridized carbons (Fsp3) is 0.455. The first kappa shape index (κ1) is 24.1. The average molecular weight is 410 g/mol. The van der Waals surface area contributed by atoms with Crippen molar-refractivity contribution in [3.8, 4) is 17.2 Å². The predicted octanol–water partition coefficient (Wildman–Crippen LogP) is 3.87. The Hall–Kier alpha value is -1.95. The van der Waals surface area contributed by atoms with Gasteiger partial charge in [0.1, 0.15) is 30.0 Å². The average Bonchev–Trinajstić information content (AvgIpc) is 2.66. The van der Waals surface area contributed by atoms with Crippen molar-refractivity contribution in [2.75, 3.05) is 26.9 Å². The Morgan fingerprint density at radius 3 is 2.00 bits per heavy atom. The third kappa shape index (κ3) is 8.38. The molecule has 2 aromatic rings. The van der Waals surface area contributed by atoms with E-state index < -0.39 is 6.10 Å². The highest BCUT2D eigenvalue weighted by atomic mass is 35.5. The summed E-state index contributed by atoms with van der Waals surface area (Å²) in [5.74, 6) is 2.38. The Bertz CT molecular complexity index is 674. The van der Waals surface area contributed by atoms with Crippen LogP contribution in [0.15, 0.2) is 48.5 Å². The Balaban J connectivity index is 0.00000392. The molecule has 2 N–H and O–H groups in total. The van der Waals surface area contributed by atoms with Gasteiger partial charge in [0.15, 0.2) is 0 Å². The minimum Gasteiger partial charge on any atom is -0.497 e. The van der Waals surface area contributed by atoms with Gasteiger partial charge in [-0.25, -0.2) is 0 Å². The molecule has 1 atom stereocenters. The van der Waals surface area contributed by atoms with E-state index in [0.717, 1.165) is 23.7 Å². The number of hydrogen-bond donors (Lipinski definition) is 2. The highest BCUT2D eigenvalue weighted by Crippen LogP contribution is 2.18. The molecule has 0 aliphatic heterocycles. The van der Waals surface area contributed by atoms with Gasteiger partial charge in [0.25, 0.3) is 0 Å². The van der Waals surface area contributed by atoms with Gasteiger partial charge in [-0.2, -0.15) is 0 Å². The number of methoxy groups -OCH3 is 1. The highest BCUT2D eigenvalue weighted by Gasteiger charge is 2.19. The van der Waals surface area contributed by atoms with Crippen LogP contribution in [0.4, 0.5) is 0 Å². The summed E-state index contributed by atoms with van der Waals surface area (Å²) in [7, 11) is 1.66. The van der Waals surface area contributed by atoms with Crippen molar-refractivity contribution >= 4 is 12.4 Å². The summed E-state index contributed by atoms with van der Waals surface area (Å²) in [4.78, 5) is 0. The van der Waals surface area contributed by atoms with E-state index in [0.29, 0.717) is 13.2 Å². The minimum atomic E-state index is -0.591. The highest BCUT2D eigenvalue weighted by molar-refractivity contribution is 5.85. The van der Waals surface area contributed by atoms with Crippen molar-refractivity contribution < 1.29 is 19.3 Å². The number of aliphatic hydroxyl groups excluding tert-OH is 1. The monoisotopic (exact) mass is 409 g/mol. The SMILES string of the molecule is CCOc1ccc(OCC(O)CNC(C)(C)Cc2ccc(OC)cc2)cc1.Cl. The summed E-state index contributed by atoms with van der Waals surface area (Å²) in [5, 5.41) is 13.6. The Labute approximate surface area is 174 Å². The molecule has 6 heteroatoms. The van der Waals surface area contributed by atoms with Gasteiger partial charge in [-0.3, -0.25) is 0 Å². The molecule has 156 valence electrons. The molecule has 0 saturated heterocycles. The van der Waals surface area contributed by atoms with Crippen LogP contribution in [-0.4, -0.2) is 43.6 Å². The number of nitrogens with one attached hydrogen (secondary N) is 1. The van der Waals surface area contributed by atoms with Crippen LogP contribution in [0.3, 0.4) is 0 Å². The fourth-order valence-electron chi connectivity index (χ4n) is 2.76. The van der Waals surface area contributed by atoms with Crippen LogP contribution in [-0.2, 0) is 6.42 Å². The molecule has 0 spiro atoms. The molecular formula is C22H32ClNO4. The van der Waals surface area contributed by atoms with E-state index in [1.807, 2.05) is 43.3 Å². The second kappa shape index (κ2) is 11.8. The van der Waals surface area contributed by atoms with E-state index in [-0.39, 0.29) is 24.6 Å². The summed E-state index contributed by atoms with van der Waals surface area (Å²) in [6, 6.07) is 15.5. The molecule has 0 heterocycles. The molecule has 2 rings (SSSR count). The lowest BCUT2D eigenvalue weighted by atomic mass is 9.94. The zero-order valence-corrected chi connectivity index (χ0v) is 17.9. The zero-order valence-electron chi connectivity index (χ0n) is 17.1. The van der Waals surface area contributed by atoms with Crippen molar-refractivity contribution in [1.29, 1.82) is 0 Å². The summed E-state index contributed by atoms with van der Waals surface area (Å²) in [6.45, 7) is 7.52.